The number of nitrogens with zero attached hydrogens (tertiary/aromatic N) is 3. The predicted octanol–water partition coefficient (Wildman–Crippen LogP) is 2.27. The maximum Gasteiger partial charge on any atom is 0.246 e. The molecule has 0 aliphatic carbocycles. The zero-order valence-corrected chi connectivity index (χ0v) is 10.5. The fraction of sp³-hybridized carbons (Fsp3) is 0.0833. The molecular weight excluding hydrogens is 267 g/mol. The molecule has 1 amide bonds. The van der Waals surface area contributed by atoms with Crippen LogP contribution in [0.5, 0.6) is 0 Å². The number of anilines is 1. The van der Waals surface area contributed by atoms with E-state index in [4.69, 9.17) is 0 Å². The largest absolute Gasteiger partial charge is 0.338 e. The lowest BCUT2D eigenvalue weighted by molar-refractivity contribution is -0.116. The first-order valence-corrected chi connectivity index (χ1v) is 6.41. The second-order valence-corrected chi connectivity index (χ2v) is 4.77. The second-order valence-electron chi connectivity index (χ2n) is 3.94. The van der Waals surface area contributed by atoms with Crippen molar-refractivity contribution in [2.45, 2.75) is 6.54 Å². The summed E-state index contributed by atoms with van der Waals surface area (Å²) in [7, 11) is 0. The molecule has 2 heterocycles. The smallest absolute Gasteiger partial charge is 0.246 e. The fourth-order valence-electron chi connectivity index (χ4n) is 1.84. The molecule has 2 aromatic heterocycles. The van der Waals surface area contributed by atoms with Crippen LogP contribution in [0.25, 0.3) is 10.9 Å². The molecule has 0 saturated carbocycles. The molecule has 0 saturated heterocycles. The summed E-state index contributed by atoms with van der Waals surface area (Å²) in [4.78, 5) is 11.8. The summed E-state index contributed by atoms with van der Waals surface area (Å²) in [6.45, 7) is 0.104. The number of benzene rings is 1. The average molecular weight is 276 g/mol. The van der Waals surface area contributed by atoms with Gasteiger partial charge in [0.15, 0.2) is 0 Å². The van der Waals surface area contributed by atoms with Crippen molar-refractivity contribution in [1.29, 1.82) is 0 Å². The number of nitrogens with one attached hydrogen (secondary N) is 1. The van der Waals surface area contributed by atoms with E-state index in [1.165, 1.54) is 29.0 Å². The highest BCUT2D eigenvalue weighted by Gasteiger charge is 2.08. The molecule has 5 nitrogen and oxygen atoms in total. The van der Waals surface area contributed by atoms with Gasteiger partial charge < -0.3 is 4.57 Å². The Hall–Kier alpha value is -2.28. The third-order valence-electron chi connectivity index (χ3n) is 2.66. The summed E-state index contributed by atoms with van der Waals surface area (Å²) >= 11 is 1.25. The van der Waals surface area contributed by atoms with Gasteiger partial charge in [-0.2, -0.15) is 0 Å². The fourth-order valence-corrected chi connectivity index (χ4v) is 2.30. The van der Waals surface area contributed by atoms with Crippen LogP contribution < -0.4 is 5.32 Å². The molecule has 0 fully saturated rings. The molecule has 1 aromatic carbocycles. The number of aromatic nitrogens is 3. The maximum absolute atomic E-state index is 13.2. The van der Waals surface area contributed by atoms with Gasteiger partial charge in [-0.3, -0.25) is 10.1 Å². The Balaban J connectivity index is 1.81. The number of carbonyl (C=O) groups is 1. The summed E-state index contributed by atoms with van der Waals surface area (Å²) in [6.07, 6.45) is 1.75. The normalized spacial score (nSPS) is 10.8. The van der Waals surface area contributed by atoms with Gasteiger partial charge >= 0.3 is 0 Å². The number of hydrogen-bond acceptors (Lipinski definition) is 4. The van der Waals surface area contributed by atoms with E-state index < -0.39 is 0 Å². The van der Waals surface area contributed by atoms with E-state index in [1.54, 1.807) is 16.8 Å². The highest BCUT2D eigenvalue weighted by atomic mass is 32.1. The Kier molecular flexibility index (Phi) is 2.96. The van der Waals surface area contributed by atoms with Crippen molar-refractivity contribution in [2.24, 2.45) is 0 Å². The van der Waals surface area contributed by atoms with E-state index >= 15 is 0 Å². The number of halogens is 1. The molecule has 0 atom stereocenters. The lowest BCUT2D eigenvalue weighted by Gasteiger charge is -2.05. The molecule has 0 radical (unpaired) electrons. The minimum absolute atomic E-state index is 0.104. The summed E-state index contributed by atoms with van der Waals surface area (Å²) in [5.41, 5.74) is 2.23. The lowest BCUT2D eigenvalue weighted by atomic mass is 10.2. The molecular formula is C12H9FN4OS. The molecule has 0 unspecified atom stereocenters. The summed E-state index contributed by atoms with van der Waals surface area (Å²) < 4.78 is 14.9. The quantitative estimate of drug-likeness (QED) is 0.798. The molecule has 19 heavy (non-hydrogen) atoms. The van der Waals surface area contributed by atoms with Crippen LogP contribution in [-0.2, 0) is 11.3 Å². The molecule has 3 rings (SSSR count). The van der Waals surface area contributed by atoms with Crippen LogP contribution in [0.3, 0.4) is 0 Å². The Morgan fingerprint density at radius 2 is 2.32 bits per heavy atom. The highest BCUT2D eigenvalue weighted by molar-refractivity contribution is 7.13. The lowest BCUT2D eigenvalue weighted by Crippen LogP contribution is -2.18. The first-order valence-electron chi connectivity index (χ1n) is 5.53. The SMILES string of the molecule is O=C(Cn1ccc2ccc(F)cc21)Nc1nncs1. The molecule has 7 heteroatoms. The van der Waals surface area contributed by atoms with Crippen molar-refractivity contribution in [3.05, 3.63) is 41.8 Å². The van der Waals surface area contributed by atoms with Crippen LogP contribution in [0.1, 0.15) is 0 Å². The Labute approximate surface area is 111 Å². The molecule has 0 bridgehead atoms. The minimum atomic E-state index is -0.322. The predicted molar refractivity (Wildman–Crippen MR) is 70.4 cm³/mol. The Morgan fingerprint density at radius 1 is 1.42 bits per heavy atom. The highest BCUT2D eigenvalue weighted by Crippen LogP contribution is 2.17. The third kappa shape index (κ3) is 2.45. The van der Waals surface area contributed by atoms with Crippen LogP contribution in [0.15, 0.2) is 36.0 Å². The molecule has 0 aliphatic rings. The topological polar surface area (TPSA) is 59.8 Å². The van der Waals surface area contributed by atoms with Gasteiger partial charge in [-0.1, -0.05) is 11.3 Å². The average Bonchev–Trinajstić information content (AvgIpc) is 3.00. The van der Waals surface area contributed by atoms with Crippen molar-refractivity contribution in [2.75, 3.05) is 5.32 Å². The molecule has 0 aliphatic heterocycles. The number of carbonyl (C=O) groups excluding carboxylic acids is 1. The van der Waals surface area contributed by atoms with Crippen LogP contribution in [0.4, 0.5) is 9.52 Å². The number of hydrogen-bond donors (Lipinski definition) is 1. The summed E-state index contributed by atoms with van der Waals surface area (Å²) in [5, 5.41) is 11.3. The van der Waals surface area contributed by atoms with Gasteiger partial charge in [0.25, 0.3) is 0 Å². The van der Waals surface area contributed by atoms with Crippen molar-refractivity contribution >= 4 is 33.3 Å². The zero-order chi connectivity index (χ0) is 13.2. The van der Waals surface area contributed by atoms with Gasteiger partial charge in [0.1, 0.15) is 17.9 Å². The van der Waals surface area contributed by atoms with Gasteiger partial charge in [-0.15, -0.1) is 10.2 Å². The second kappa shape index (κ2) is 4.77. The van der Waals surface area contributed by atoms with Gasteiger partial charge in [-0.05, 0) is 29.7 Å². The standard InChI is InChI=1S/C12H9FN4OS/c13-9-2-1-8-3-4-17(10(8)5-9)6-11(18)15-12-16-14-7-19-12/h1-5,7H,6H2,(H,15,16,18). The molecule has 0 spiro atoms. The molecule has 1 N–H and O–H groups in total. The summed E-state index contributed by atoms with van der Waals surface area (Å²) in [6, 6.07) is 6.33. The van der Waals surface area contributed by atoms with Crippen LogP contribution >= 0.6 is 11.3 Å². The number of fused-ring (bicyclic) bond motifs is 1. The summed E-state index contributed by atoms with van der Waals surface area (Å²) in [5.74, 6) is -0.546. The van der Waals surface area contributed by atoms with Gasteiger partial charge in [0.2, 0.25) is 11.0 Å². The van der Waals surface area contributed by atoms with Crippen LogP contribution in [-0.4, -0.2) is 20.7 Å². The van der Waals surface area contributed by atoms with E-state index in [0.717, 1.165) is 5.39 Å². The van der Waals surface area contributed by atoms with Crippen molar-refractivity contribution < 1.29 is 9.18 Å². The van der Waals surface area contributed by atoms with Crippen LogP contribution in [0.2, 0.25) is 0 Å². The van der Waals surface area contributed by atoms with E-state index in [2.05, 4.69) is 15.5 Å². The number of rotatable bonds is 3. The Bertz CT molecular complexity index is 722. The Morgan fingerprint density at radius 3 is 3.11 bits per heavy atom. The van der Waals surface area contributed by atoms with Gasteiger partial charge in [-0.25, -0.2) is 4.39 Å². The van der Waals surface area contributed by atoms with E-state index in [9.17, 15) is 9.18 Å². The first kappa shape index (κ1) is 11.8. The number of amides is 1. The zero-order valence-electron chi connectivity index (χ0n) is 9.71. The monoisotopic (exact) mass is 276 g/mol. The maximum atomic E-state index is 13.2. The molecule has 96 valence electrons. The molecule has 3 aromatic rings. The van der Waals surface area contributed by atoms with Crippen molar-refractivity contribution in [3.8, 4) is 0 Å². The van der Waals surface area contributed by atoms with E-state index in [0.29, 0.717) is 10.6 Å². The van der Waals surface area contributed by atoms with Crippen molar-refractivity contribution in [1.82, 2.24) is 14.8 Å². The van der Waals surface area contributed by atoms with Gasteiger partial charge in [0.05, 0.1) is 5.52 Å². The first-order chi connectivity index (χ1) is 9.22. The van der Waals surface area contributed by atoms with E-state index in [-0.39, 0.29) is 18.3 Å². The van der Waals surface area contributed by atoms with E-state index in [1.807, 2.05) is 6.07 Å². The van der Waals surface area contributed by atoms with Gasteiger partial charge in [0, 0.05) is 6.20 Å². The minimum Gasteiger partial charge on any atom is -0.338 e. The van der Waals surface area contributed by atoms with Crippen molar-refractivity contribution in [3.63, 3.8) is 0 Å². The third-order valence-corrected chi connectivity index (χ3v) is 3.26. The van der Waals surface area contributed by atoms with Crippen LogP contribution in [0, 0.1) is 5.82 Å².